The molecule has 130 valence electrons. The highest BCUT2D eigenvalue weighted by atomic mass is 35.5. The molecule has 1 aliphatic rings. The van der Waals surface area contributed by atoms with Crippen LogP contribution in [-0.4, -0.2) is 32.0 Å². The summed E-state index contributed by atoms with van der Waals surface area (Å²) in [6.07, 6.45) is 5.34. The van der Waals surface area contributed by atoms with Crippen molar-refractivity contribution in [1.29, 1.82) is 0 Å². The normalized spacial score (nSPS) is 26.9. The fourth-order valence-corrected chi connectivity index (χ4v) is 4.39. The molecular formula is C19H22ClN5. The number of hydrogen-bond acceptors (Lipinski definition) is 4. The standard InChI is InChI=1S/C19H22ClN5/c1-25-8-6-13-12(3-2-4-17(13)25)16-5-7-23-19(24-16)18-14(20)9-11(21)10-15(18)22/h2-8,11,14-15,18H,9-10,21-22H2,1H3. The highest BCUT2D eigenvalue weighted by molar-refractivity contribution is 6.21. The van der Waals surface area contributed by atoms with Gasteiger partial charge in [-0.15, -0.1) is 11.6 Å². The zero-order valence-corrected chi connectivity index (χ0v) is 14.9. The summed E-state index contributed by atoms with van der Waals surface area (Å²) in [6.45, 7) is 0. The minimum Gasteiger partial charge on any atom is -0.351 e. The van der Waals surface area contributed by atoms with E-state index in [2.05, 4.69) is 40.0 Å². The van der Waals surface area contributed by atoms with E-state index in [4.69, 9.17) is 28.1 Å². The topological polar surface area (TPSA) is 82.8 Å². The van der Waals surface area contributed by atoms with E-state index in [-0.39, 0.29) is 23.4 Å². The maximum atomic E-state index is 6.56. The Balaban J connectivity index is 1.77. The maximum absolute atomic E-state index is 6.56. The van der Waals surface area contributed by atoms with Gasteiger partial charge < -0.3 is 16.0 Å². The van der Waals surface area contributed by atoms with Crippen molar-refractivity contribution in [3.05, 3.63) is 48.5 Å². The molecule has 1 aromatic carbocycles. The van der Waals surface area contributed by atoms with Crippen molar-refractivity contribution >= 4 is 22.5 Å². The fraction of sp³-hybridized carbons (Fsp3) is 0.368. The van der Waals surface area contributed by atoms with Gasteiger partial charge in [0, 0.05) is 53.4 Å². The van der Waals surface area contributed by atoms with Gasteiger partial charge in [0.2, 0.25) is 0 Å². The number of alkyl halides is 1. The van der Waals surface area contributed by atoms with Crippen molar-refractivity contribution in [2.45, 2.75) is 36.2 Å². The van der Waals surface area contributed by atoms with Gasteiger partial charge in [-0.2, -0.15) is 0 Å². The van der Waals surface area contributed by atoms with E-state index >= 15 is 0 Å². The van der Waals surface area contributed by atoms with Crippen LogP contribution in [-0.2, 0) is 7.05 Å². The first-order valence-corrected chi connectivity index (χ1v) is 9.01. The van der Waals surface area contributed by atoms with Crippen molar-refractivity contribution in [1.82, 2.24) is 14.5 Å². The molecule has 0 amide bonds. The summed E-state index contributed by atoms with van der Waals surface area (Å²) in [5, 5.41) is 1.04. The van der Waals surface area contributed by atoms with Crippen molar-refractivity contribution in [2.24, 2.45) is 18.5 Å². The van der Waals surface area contributed by atoms with Crippen LogP contribution in [0.4, 0.5) is 0 Å². The van der Waals surface area contributed by atoms with Crippen LogP contribution in [0.15, 0.2) is 42.7 Å². The molecular weight excluding hydrogens is 334 g/mol. The zero-order valence-electron chi connectivity index (χ0n) is 14.1. The maximum Gasteiger partial charge on any atom is 0.135 e. The molecule has 0 bridgehead atoms. The first-order valence-electron chi connectivity index (χ1n) is 8.57. The number of hydrogen-bond donors (Lipinski definition) is 2. The van der Waals surface area contributed by atoms with Gasteiger partial charge in [0.1, 0.15) is 5.82 Å². The monoisotopic (exact) mass is 355 g/mol. The first-order chi connectivity index (χ1) is 12.0. The van der Waals surface area contributed by atoms with Crippen LogP contribution in [0.2, 0.25) is 0 Å². The molecule has 4 N–H and O–H groups in total. The Morgan fingerprint density at radius 2 is 2.00 bits per heavy atom. The molecule has 4 rings (SSSR count). The van der Waals surface area contributed by atoms with Crippen molar-refractivity contribution in [3.63, 3.8) is 0 Å². The van der Waals surface area contributed by atoms with Crippen LogP contribution in [0.25, 0.3) is 22.2 Å². The number of nitrogens with two attached hydrogens (primary N) is 2. The van der Waals surface area contributed by atoms with Crippen LogP contribution < -0.4 is 11.5 Å². The van der Waals surface area contributed by atoms with Crippen molar-refractivity contribution in [3.8, 4) is 11.3 Å². The van der Waals surface area contributed by atoms with Crippen molar-refractivity contribution in [2.75, 3.05) is 0 Å². The third kappa shape index (κ3) is 2.92. The van der Waals surface area contributed by atoms with Crippen LogP contribution in [0.5, 0.6) is 0 Å². The van der Waals surface area contributed by atoms with Gasteiger partial charge in [0.25, 0.3) is 0 Å². The van der Waals surface area contributed by atoms with E-state index in [1.807, 2.05) is 13.1 Å². The van der Waals surface area contributed by atoms with Crippen LogP contribution in [0, 0.1) is 0 Å². The first kappa shape index (κ1) is 16.5. The van der Waals surface area contributed by atoms with E-state index in [1.54, 1.807) is 6.20 Å². The molecule has 25 heavy (non-hydrogen) atoms. The number of benzene rings is 1. The summed E-state index contributed by atoms with van der Waals surface area (Å²) in [7, 11) is 2.04. The SMILES string of the molecule is Cn1ccc2c(-c3ccnc(C4C(N)CC(N)CC4Cl)n3)cccc21. The summed E-state index contributed by atoms with van der Waals surface area (Å²) in [5.41, 5.74) is 15.5. The number of fused-ring (bicyclic) bond motifs is 1. The number of nitrogens with zero attached hydrogens (tertiary/aromatic N) is 3. The van der Waals surface area contributed by atoms with Gasteiger partial charge in [-0.05, 0) is 31.0 Å². The Bertz CT molecular complexity index is 894. The molecule has 1 fully saturated rings. The number of rotatable bonds is 2. The number of aromatic nitrogens is 3. The Hall–Kier alpha value is -1.95. The van der Waals surface area contributed by atoms with Crippen LogP contribution in [0.3, 0.4) is 0 Å². The third-order valence-electron chi connectivity index (χ3n) is 5.13. The molecule has 6 heteroatoms. The molecule has 0 radical (unpaired) electrons. The Morgan fingerprint density at radius 3 is 2.80 bits per heavy atom. The van der Waals surface area contributed by atoms with Gasteiger partial charge in [-0.25, -0.2) is 9.97 Å². The Morgan fingerprint density at radius 1 is 1.16 bits per heavy atom. The lowest BCUT2D eigenvalue weighted by molar-refractivity contribution is 0.343. The smallest absolute Gasteiger partial charge is 0.135 e. The second-order valence-electron chi connectivity index (χ2n) is 6.90. The van der Waals surface area contributed by atoms with Gasteiger partial charge in [0.05, 0.1) is 11.6 Å². The quantitative estimate of drug-likeness (QED) is 0.692. The predicted octanol–water partition coefficient (Wildman–Crippen LogP) is 2.77. The van der Waals surface area contributed by atoms with E-state index in [1.165, 1.54) is 10.9 Å². The summed E-state index contributed by atoms with van der Waals surface area (Å²) >= 11 is 6.56. The molecule has 2 aromatic heterocycles. The van der Waals surface area contributed by atoms with E-state index in [9.17, 15) is 0 Å². The minimum atomic E-state index is -0.137. The second kappa shape index (κ2) is 6.41. The lowest BCUT2D eigenvalue weighted by Crippen LogP contribution is -2.46. The van der Waals surface area contributed by atoms with E-state index in [0.717, 1.165) is 24.1 Å². The largest absolute Gasteiger partial charge is 0.351 e. The summed E-state index contributed by atoms with van der Waals surface area (Å²) in [5.74, 6) is 0.640. The summed E-state index contributed by atoms with van der Waals surface area (Å²) in [6, 6.07) is 10.2. The predicted molar refractivity (Wildman–Crippen MR) is 102 cm³/mol. The van der Waals surface area contributed by atoms with Crippen LogP contribution in [0.1, 0.15) is 24.6 Å². The number of halogens is 1. The highest BCUT2D eigenvalue weighted by Crippen LogP contribution is 2.35. The van der Waals surface area contributed by atoms with Gasteiger partial charge in [-0.1, -0.05) is 12.1 Å². The Labute approximate surface area is 152 Å². The molecule has 4 unspecified atom stereocenters. The molecule has 1 aliphatic carbocycles. The molecule has 4 atom stereocenters. The lowest BCUT2D eigenvalue weighted by Gasteiger charge is -2.35. The average Bonchev–Trinajstić information content (AvgIpc) is 2.96. The van der Waals surface area contributed by atoms with Crippen LogP contribution >= 0.6 is 11.6 Å². The highest BCUT2D eigenvalue weighted by Gasteiger charge is 2.36. The zero-order chi connectivity index (χ0) is 17.6. The van der Waals surface area contributed by atoms with Crippen molar-refractivity contribution < 1.29 is 0 Å². The van der Waals surface area contributed by atoms with E-state index < -0.39 is 0 Å². The number of aryl methyl sites for hydroxylation is 1. The Kier molecular flexibility index (Phi) is 4.23. The fourth-order valence-electron chi connectivity index (χ4n) is 3.86. The summed E-state index contributed by atoms with van der Waals surface area (Å²) in [4.78, 5) is 9.30. The molecule has 0 saturated heterocycles. The lowest BCUT2D eigenvalue weighted by atomic mass is 9.81. The van der Waals surface area contributed by atoms with Gasteiger partial charge in [0.15, 0.2) is 0 Å². The molecule has 2 heterocycles. The van der Waals surface area contributed by atoms with Gasteiger partial charge >= 0.3 is 0 Å². The molecule has 0 aliphatic heterocycles. The minimum absolute atomic E-state index is 0.0509. The summed E-state index contributed by atoms with van der Waals surface area (Å²) < 4.78 is 2.11. The molecule has 5 nitrogen and oxygen atoms in total. The molecule has 3 aromatic rings. The average molecular weight is 356 g/mol. The third-order valence-corrected chi connectivity index (χ3v) is 5.58. The second-order valence-corrected chi connectivity index (χ2v) is 7.46. The van der Waals surface area contributed by atoms with Gasteiger partial charge in [-0.3, -0.25) is 0 Å². The van der Waals surface area contributed by atoms with E-state index in [0.29, 0.717) is 5.82 Å². The molecule has 1 saturated carbocycles. The molecule has 0 spiro atoms.